The van der Waals surface area contributed by atoms with Gasteiger partial charge < -0.3 is 19.8 Å². The van der Waals surface area contributed by atoms with E-state index >= 15 is 0 Å². The first-order chi connectivity index (χ1) is 19.3. The van der Waals surface area contributed by atoms with Gasteiger partial charge >= 0.3 is 6.18 Å². The predicted molar refractivity (Wildman–Crippen MR) is 143 cm³/mol. The van der Waals surface area contributed by atoms with Crippen LogP contribution in [0.25, 0.3) is 22.5 Å². The van der Waals surface area contributed by atoms with Crippen LogP contribution >= 0.6 is 0 Å². The molecule has 13 heteroatoms. The summed E-state index contributed by atoms with van der Waals surface area (Å²) in [4.78, 5) is 26.0. The largest absolute Gasteiger partial charge is 0.406 e. The Bertz CT molecular complexity index is 1630. The number of amides is 1. The first kappa shape index (κ1) is 29.6. The first-order valence-electron chi connectivity index (χ1n) is 12.6. The lowest BCUT2D eigenvalue weighted by molar-refractivity contribution is -0.141. The number of halogens is 5. The first-order valence-corrected chi connectivity index (χ1v) is 12.6. The zero-order valence-corrected chi connectivity index (χ0v) is 22.4. The van der Waals surface area contributed by atoms with Crippen LogP contribution in [0.2, 0.25) is 0 Å². The van der Waals surface area contributed by atoms with Gasteiger partial charge in [0.15, 0.2) is 17.5 Å². The molecule has 0 saturated heterocycles. The van der Waals surface area contributed by atoms with Crippen molar-refractivity contribution in [2.45, 2.75) is 33.1 Å². The number of hydrogen-bond acceptors (Lipinski definition) is 5. The number of pyridine rings is 1. The van der Waals surface area contributed by atoms with E-state index in [0.717, 1.165) is 18.3 Å². The molecule has 216 valence electrons. The van der Waals surface area contributed by atoms with Crippen molar-refractivity contribution in [2.24, 2.45) is 13.0 Å². The van der Waals surface area contributed by atoms with Crippen LogP contribution in [-0.2, 0) is 20.1 Å². The lowest BCUT2D eigenvalue weighted by Gasteiger charge is -2.15. The van der Waals surface area contributed by atoms with Crippen LogP contribution in [0.4, 0.5) is 27.6 Å². The summed E-state index contributed by atoms with van der Waals surface area (Å²) >= 11 is 0. The molecule has 2 aromatic carbocycles. The monoisotopic (exact) mass is 574 g/mol. The SMILES string of the molecule is CC(C)CNCc1cc(C(=O)Nc2cccc(-c3cc(F)c(F)cc3-c3nncn3C)c2)c(=O)n(CC(F)(F)F)c1. The molecule has 2 N–H and O–H groups in total. The minimum absolute atomic E-state index is 0.146. The topological polar surface area (TPSA) is 93.8 Å². The van der Waals surface area contributed by atoms with Crippen molar-refractivity contribution in [3.63, 3.8) is 0 Å². The molecule has 8 nitrogen and oxygen atoms in total. The quantitative estimate of drug-likeness (QED) is 0.270. The minimum Gasteiger partial charge on any atom is -0.322 e. The molecular weight excluding hydrogens is 547 g/mol. The zero-order chi connectivity index (χ0) is 29.9. The molecule has 2 heterocycles. The summed E-state index contributed by atoms with van der Waals surface area (Å²) in [5, 5.41) is 13.4. The summed E-state index contributed by atoms with van der Waals surface area (Å²) in [5.41, 5.74) is -0.216. The Hall–Kier alpha value is -4.39. The van der Waals surface area contributed by atoms with E-state index < -0.39 is 41.4 Å². The number of rotatable bonds is 9. The molecule has 0 radical (unpaired) electrons. The highest BCUT2D eigenvalue weighted by Gasteiger charge is 2.29. The maximum atomic E-state index is 14.3. The Morgan fingerprint density at radius 2 is 1.76 bits per heavy atom. The summed E-state index contributed by atoms with van der Waals surface area (Å²) in [6, 6.07) is 9.33. The van der Waals surface area contributed by atoms with Crippen LogP contribution < -0.4 is 16.2 Å². The van der Waals surface area contributed by atoms with E-state index in [2.05, 4.69) is 20.8 Å². The molecule has 0 aliphatic carbocycles. The van der Waals surface area contributed by atoms with Gasteiger partial charge in [0, 0.05) is 31.0 Å². The third-order valence-corrected chi connectivity index (χ3v) is 6.06. The molecule has 0 atom stereocenters. The van der Waals surface area contributed by atoms with Crippen molar-refractivity contribution in [1.82, 2.24) is 24.6 Å². The van der Waals surface area contributed by atoms with E-state index in [1.54, 1.807) is 19.2 Å². The molecule has 0 saturated carbocycles. The highest BCUT2D eigenvalue weighted by Crippen LogP contribution is 2.34. The number of anilines is 1. The highest BCUT2D eigenvalue weighted by atomic mass is 19.4. The standard InChI is InChI=1S/C28H27F5N6O2/c1-16(2)11-34-12-17-7-22(27(41)39(13-17)14-28(31,32)33)26(40)36-19-6-4-5-18(8-19)20-9-23(29)24(30)10-21(20)25-37-35-15-38(25)3/h4-10,13,15-16,34H,11-12,14H2,1-3H3,(H,36,40). The van der Waals surface area contributed by atoms with E-state index in [-0.39, 0.29) is 35.1 Å². The number of benzene rings is 2. The van der Waals surface area contributed by atoms with E-state index in [9.17, 15) is 31.5 Å². The Morgan fingerprint density at radius 1 is 1.05 bits per heavy atom. The fourth-order valence-electron chi connectivity index (χ4n) is 4.23. The number of aryl methyl sites for hydroxylation is 1. The van der Waals surface area contributed by atoms with E-state index in [1.807, 2.05) is 13.8 Å². The highest BCUT2D eigenvalue weighted by molar-refractivity contribution is 6.04. The lowest BCUT2D eigenvalue weighted by Crippen LogP contribution is -2.34. The second-order valence-corrected chi connectivity index (χ2v) is 9.95. The molecule has 41 heavy (non-hydrogen) atoms. The summed E-state index contributed by atoms with van der Waals surface area (Å²) in [6.07, 6.45) is -2.20. The van der Waals surface area contributed by atoms with E-state index in [4.69, 9.17) is 0 Å². The Kier molecular flexibility index (Phi) is 8.66. The van der Waals surface area contributed by atoms with Crippen LogP contribution in [0, 0.1) is 17.6 Å². The van der Waals surface area contributed by atoms with Gasteiger partial charge in [-0.25, -0.2) is 8.78 Å². The van der Waals surface area contributed by atoms with Crippen LogP contribution in [0.3, 0.4) is 0 Å². The van der Waals surface area contributed by atoms with Gasteiger partial charge in [-0.2, -0.15) is 13.2 Å². The summed E-state index contributed by atoms with van der Waals surface area (Å²) in [6.45, 7) is 3.09. The third-order valence-electron chi connectivity index (χ3n) is 6.06. The second-order valence-electron chi connectivity index (χ2n) is 9.95. The van der Waals surface area contributed by atoms with Crippen LogP contribution in [0.1, 0.15) is 29.8 Å². The second kappa shape index (κ2) is 12.0. The van der Waals surface area contributed by atoms with Crippen LogP contribution in [-0.4, -0.2) is 38.0 Å². The molecule has 4 aromatic rings. The van der Waals surface area contributed by atoms with Gasteiger partial charge in [0.05, 0.1) is 0 Å². The number of nitrogens with one attached hydrogen (secondary N) is 2. The number of nitrogens with zero attached hydrogens (tertiary/aromatic N) is 4. The Labute approximate surface area is 231 Å². The number of alkyl halides is 3. The molecular formula is C28H27F5N6O2. The fourth-order valence-corrected chi connectivity index (χ4v) is 4.23. The average molecular weight is 575 g/mol. The number of aromatic nitrogens is 4. The molecule has 0 bridgehead atoms. The Morgan fingerprint density at radius 3 is 2.39 bits per heavy atom. The minimum atomic E-state index is -4.68. The molecule has 0 aliphatic heterocycles. The lowest BCUT2D eigenvalue weighted by atomic mass is 9.98. The maximum absolute atomic E-state index is 14.3. The fraction of sp³-hybridized carbons (Fsp3) is 0.286. The van der Waals surface area contributed by atoms with Gasteiger partial charge in [0.2, 0.25) is 0 Å². The molecule has 1 amide bonds. The van der Waals surface area contributed by atoms with Crippen molar-refractivity contribution in [3.05, 3.63) is 88.1 Å². The number of hydrogen-bond donors (Lipinski definition) is 2. The zero-order valence-electron chi connectivity index (χ0n) is 22.4. The van der Waals surface area contributed by atoms with Gasteiger partial charge in [-0.05, 0) is 59.5 Å². The molecule has 0 unspecified atom stereocenters. The van der Waals surface area contributed by atoms with Crippen molar-refractivity contribution in [2.75, 3.05) is 11.9 Å². The average Bonchev–Trinajstić information content (AvgIpc) is 3.31. The van der Waals surface area contributed by atoms with Crippen molar-refractivity contribution in [1.29, 1.82) is 0 Å². The number of carbonyl (C=O) groups is 1. The smallest absolute Gasteiger partial charge is 0.322 e. The summed E-state index contributed by atoms with van der Waals surface area (Å²) in [7, 11) is 1.63. The van der Waals surface area contributed by atoms with Crippen LogP contribution in [0.5, 0.6) is 0 Å². The molecule has 0 aliphatic rings. The van der Waals surface area contributed by atoms with Gasteiger partial charge in [-0.3, -0.25) is 9.59 Å². The van der Waals surface area contributed by atoms with Crippen LogP contribution in [0.15, 0.2) is 59.8 Å². The van der Waals surface area contributed by atoms with Crippen molar-refractivity contribution in [3.8, 4) is 22.5 Å². The third kappa shape index (κ3) is 7.23. The normalized spacial score (nSPS) is 11.7. The molecule has 2 aromatic heterocycles. The van der Waals surface area contributed by atoms with Gasteiger partial charge in [0.25, 0.3) is 11.5 Å². The predicted octanol–water partition coefficient (Wildman–Crippen LogP) is 5.15. The molecule has 0 fully saturated rings. The number of carbonyl (C=O) groups excluding carboxylic acids is 1. The molecule has 4 rings (SSSR count). The van der Waals surface area contributed by atoms with Gasteiger partial charge in [0.1, 0.15) is 18.4 Å². The molecule has 0 spiro atoms. The van der Waals surface area contributed by atoms with E-state index in [1.165, 1.54) is 29.1 Å². The summed E-state index contributed by atoms with van der Waals surface area (Å²) in [5.74, 6) is -2.58. The van der Waals surface area contributed by atoms with E-state index in [0.29, 0.717) is 22.2 Å². The summed E-state index contributed by atoms with van der Waals surface area (Å²) < 4.78 is 70.0. The van der Waals surface area contributed by atoms with Crippen molar-refractivity contribution >= 4 is 11.6 Å². The van der Waals surface area contributed by atoms with Gasteiger partial charge in [-0.1, -0.05) is 26.0 Å². The van der Waals surface area contributed by atoms with Crippen molar-refractivity contribution < 1.29 is 26.7 Å². The maximum Gasteiger partial charge on any atom is 0.406 e. The van der Waals surface area contributed by atoms with Gasteiger partial charge in [-0.15, -0.1) is 10.2 Å². The Balaban J connectivity index is 1.69.